The van der Waals surface area contributed by atoms with Gasteiger partial charge in [-0.2, -0.15) is 0 Å². The second-order valence-electron chi connectivity index (χ2n) is 3.05. The molecular formula is C10H18NO4. The molecule has 0 saturated carbocycles. The van der Waals surface area contributed by atoms with Gasteiger partial charge in [-0.05, 0) is 12.8 Å². The average Bonchev–Trinajstić information content (AvgIpc) is 2.18. The van der Waals surface area contributed by atoms with E-state index in [1.54, 1.807) is 0 Å². The summed E-state index contributed by atoms with van der Waals surface area (Å²) in [6.07, 6.45) is 1.65. The number of hydrogen-bond donors (Lipinski definition) is 0. The second-order valence-corrected chi connectivity index (χ2v) is 3.05. The van der Waals surface area contributed by atoms with Crippen LogP contribution in [0.25, 0.3) is 0 Å². The van der Waals surface area contributed by atoms with Crippen LogP contribution in [0.3, 0.4) is 0 Å². The van der Waals surface area contributed by atoms with Crippen molar-refractivity contribution in [3.8, 4) is 0 Å². The van der Waals surface area contributed by atoms with Crippen LogP contribution in [0.15, 0.2) is 0 Å². The Balaban J connectivity index is 3.45. The van der Waals surface area contributed by atoms with Crippen LogP contribution in [-0.2, 0) is 9.47 Å². The van der Waals surface area contributed by atoms with Gasteiger partial charge in [0.25, 0.3) is 0 Å². The first kappa shape index (κ1) is 13.7. The summed E-state index contributed by atoms with van der Waals surface area (Å²) in [5.74, 6) is 0. The van der Waals surface area contributed by atoms with E-state index in [4.69, 9.17) is 0 Å². The first-order chi connectivity index (χ1) is 7.20. The number of unbranched alkanes of at least 4 members (excludes halogenated alkanes) is 2. The Morgan fingerprint density at radius 1 is 0.933 bits per heavy atom. The van der Waals surface area contributed by atoms with E-state index in [0.29, 0.717) is 13.2 Å². The van der Waals surface area contributed by atoms with E-state index in [1.807, 2.05) is 13.8 Å². The number of amides is 2. The lowest BCUT2D eigenvalue weighted by molar-refractivity contribution is 0.121. The molecule has 0 rings (SSSR count). The van der Waals surface area contributed by atoms with Crippen molar-refractivity contribution >= 4 is 12.2 Å². The van der Waals surface area contributed by atoms with Gasteiger partial charge in [0.15, 0.2) is 0 Å². The molecule has 87 valence electrons. The third-order valence-corrected chi connectivity index (χ3v) is 1.63. The summed E-state index contributed by atoms with van der Waals surface area (Å²) in [7, 11) is 0. The third-order valence-electron chi connectivity index (χ3n) is 1.63. The smallest absolute Gasteiger partial charge is 0.439 e. The van der Waals surface area contributed by atoms with Crippen LogP contribution in [-0.4, -0.2) is 25.4 Å². The minimum atomic E-state index is -0.870. The van der Waals surface area contributed by atoms with Gasteiger partial charge in [0.05, 0.1) is 13.2 Å². The minimum Gasteiger partial charge on any atom is -0.448 e. The first-order valence-electron chi connectivity index (χ1n) is 5.26. The highest BCUT2D eigenvalue weighted by Gasteiger charge is 2.12. The molecule has 0 aromatic carbocycles. The van der Waals surface area contributed by atoms with Crippen LogP contribution in [0, 0.1) is 0 Å². The minimum absolute atomic E-state index is 0.293. The SMILES string of the molecule is CCCCOC(=O)[N]C(=O)OCCCC. The van der Waals surface area contributed by atoms with Gasteiger partial charge < -0.3 is 9.47 Å². The van der Waals surface area contributed by atoms with Crippen LogP contribution in [0.2, 0.25) is 0 Å². The molecule has 0 heterocycles. The topological polar surface area (TPSA) is 66.7 Å². The van der Waals surface area contributed by atoms with Crippen LogP contribution in [0.1, 0.15) is 39.5 Å². The molecule has 0 fully saturated rings. The molecule has 1 radical (unpaired) electrons. The molecule has 5 heteroatoms. The maximum absolute atomic E-state index is 10.9. The van der Waals surface area contributed by atoms with E-state index in [2.05, 4.69) is 14.8 Å². The Hall–Kier alpha value is -1.26. The number of ether oxygens (including phenoxy) is 2. The predicted octanol–water partition coefficient (Wildman–Crippen LogP) is 2.46. The van der Waals surface area contributed by atoms with E-state index in [-0.39, 0.29) is 0 Å². The van der Waals surface area contributed by atoms with Gasteiger partial charge in [-0.3, -0.25) is 0 Å². The van der Waals surface area contributed by atoms with Gasteiger partial charge in [-0.25, -0.2) is 9.59 Å². The number of imide groups is 1. The van der Waals surface area contributed by atoms with Crippen LogP contribution in [0.4, 0.5) is 9.59 Å². The van der Waals surface area contributed by atoms with Crippen molar-refractivity contribution in [1.29, 1.82) is 0 Å². The summed E-state index contributed by atoms with van der Waals surface area (Å²) in [6.45, 7) is 4.54. The third kappa shape index (κ3) is 9.05. The number of nitrogens with zero attached hydrogens (tertiary/aromatic N) is 1. The van der Waals surface area contributed by atoms with Crippen molar-refractivity contribution in [3.05, 3.63) is 0 Å². The highest BCUT2D eigenvalue weighted by molar-refractivity contribution is 5.86. The van der Waals surface area contributed by atoms with Crippen LogP contribution < -0.4 is 5.32 Å². The Morgan fingerprint density at radius 3 is 1.67 bits per heavy atom. The molecule has 0 N–H and O–H groups in total. The van der Waals surface area contributed by atoms with Crippen molar-refractivity contribution in [2.24, 2.45) is 0 Å². The molecule has 0 saturated heterocycles. The normalized spacial score (nSPS) is 9.47. The maximum atomic E-state index is 10.9. The number of carbonyl (C=O) groups is 2. The quantitative estimate of drug-likeness (QED) is 0.639. The lowest BCUT2D eigenvalue weighted by Crippen LogP contribution is -2.25. The van der Waals surface area contributed by atoms with Crippen molar-refractivity contribution < 1.29 is 19.1 Å². The second kappa shape index (κ2) is 9.30. The molecule has 0 unspecified atom stereocenters. The Kier molecular flexibility index (Phi) is 8.52. The zero-order valence-electron chi connectivity index (χ0n) is 9.32. The van der Waals surface area contributed by atoms with Crippen molar-refractivity contribution in [2.75, 3.05) is 13.2 Å². The van der Waals surface area contributed by atoms with Crippen molar-refractivity contribution in [3.63, 3.8) is 0 Å². The van der Waals surface area contributed by atoms with Crippen molar-refractivity contribution in [2.45, 2.75) is 39.5 Å². The van der Waals surface area contributed by atoms with Crippen molar-refractivity contribution in [1.82, 2.24) is 5.32 Å². The number of rotatable bonds is 6. The van der Waals surface area contributed by atoms with Gasteiger partial charge in [0, 0.05) is 0 Å². The summed E-state index contributed by atoms with van der Waals surface area (Å²) in [4.78, 5) is 21.7. The van der Waals surface area contributed by atoms with Gasteiger partial charge >= 0.3 is 12.2 Å². The predicted molar refractivity (Wildman–Crippen MR) is 54.6 cm³/mol. The molecular weight excluding hydrogens is 198 g/mol. The standard InChI is InChI=1S/C10H18NO4/c1-3-5-7-14-9(12)11-10(13)15-8-6-4-2/h3-8H2,1-2H3. The summed E-state index contributed by atoms with van der Waals surface area (Å²) in [6, 6.07) is 0. The van der Waals surface area contributed by atoms with E-state index in [0.717, 1.165) is 25.7 Å². The largest absolute Gasteiger partial charge is 0.448 e. The lowest BCUT2D eigenvalue weighted by atomic mass is 10.4. The molecule has 0 atom stereocenters. The average molecular weight is 216 g/mol. The van der Waals surface area contributed by atoms with Gasteiger partial charge in [-0.15, -0.1) is 0 Å². The molecule has 0 spiro atoms. The number of carbonyl (C=O) groups excluding carboxylic acids is 2. The zero-order chi connectivity index (χ0) is 11.5. The Labute approximate surface area is 90.1 Å². The summed E-state index contributed by atoms with van der Waals surface area (Å²) in [5.41, 5.74) is 0. The van der Waals surface area contributed by atoms with Crippen LogP contribution >= 0.6 is 0 Å². The molecule has 2 amide bonds. The zero-order valence-corrected chi connectivity index (χ0v) is 9.32. The molecule has 0 aliphatic carbocycles. The van der Waals surface area contributed by atoms with Crippen LogP contribution in [0.5, 0.6) is 0 Å². The van der Waals surface area contributed by atoms with Gasteiger partial charge in [0.2, 0.25) is 0 Å². The Bertz CT molecular complexity index is 174. The molecule has 15 heavy (non-hydrogen) atoms. The molecule has 0 bridgehead atoms. The van der Waals surface area contributed by atoms with E-state index >= 15 is 0 Å². The Morgan fingerprint density at radius 2 is 1.33 bits per heavy atom. The van der Waals surface area contributed by atoms with E-state index < -0.39 is 12.2 Å². The maximum Gasteiger partial charge on any atom is 0.439 e. The summed E-state index contributed by atoms with van der Waals surface area (Å²) < 4.78 is 9.31. The number of hydrogen-bond acceptors (Lipinski definition) is 4. The monoisotopic (exact) mass is 216 g/mol. The summed E-state index contributed by atoms with van der Waals surface area (Å²) >= 11 is 0. The molecule has 0 aliphatic heterocycles. The van der Waals surface area contributed by atoms with E-state index in [9.17, 15) is 9.59 Å². The fourth-order valence-corrected chi connectivity index (χ4v) is 0.747. The lowest BCUT2D eigenvalue weighted by Gasteiger charge is -2.03. The molecule has 0 aromatic heterocycles. The van der Waals surface area contributed by atoms with Gasteiger partial charge in [-0.1, -0.05) is 32.0 Å². The fraction of sp³-hybridized carbons (Fsp3) is 0.800. The highest BCUT2D eigenvalue weighted by Crippen LogP contribution is 1.92. The van der Waals surface area contributed by atoms with Gasteiger partial charge in [0.1, 0.15) is 0 Å². The molecule has 0 aliphatic rings. The molecule has 5 nitrogen and oxygen atoms in total. The fourth-order valence-electron chi connectivity index (χ4n) is 0.747. The molecule has 0 aromatic rings. The summed E-state index contributed by atoms with van der Waals surface area (Å²) in [5, 5.41) is 3.10. The highest BCUT2D eigenvalue weighted by atomic mass is 16.6. The first-order valence-corrected chi connectivity index (χ1v) is 5.26. The van der Waals surface area contributed by atoms with E-state index in [1.165, 1.54) is 0 Å².